The van der Waals surface area contributed by atoms with Crippen LogP contribution in [-0.4, -0.2) is 12.1 Å². The van der Waals surface area contributed by atoms with Crippen molar-refractivity contribution in [3.05, 3.63) is 0 Å². The topological polar surface area (TPSA) is 26.3 Å². The average Bonchev–Trinajstić information content (AvgIpc) is 3.16. The fraction of sp³-hybridized carbons (Fsp3) is 0.970. The Kier molecular flexibility index (Phi) is 8.40. The molecular formula is C33H58O2. The van der Waals surface area contributed by atoms with E-state index in [0.29, 0.717) is 10.8 Å². The first-order valence-corrected chi connectivity index (χ1v) is 15.8. The van der Waals surface area contributed by atoms with Crippen molar-refractivity contribution in [2.45, 2.75) is 151 Å². The summed E-state index contributed by atoms with van der Waals surface area (Å²) in [6, 6.07) is 0. The van der Waals surface area contributed by atoms with Crippen LogP contribution in [-0.2, 0) is 9.53 Å². The van der Waals surface area contributed by atoms with Crippen LogP contribution in [0.2, 0.25) is 0 Å². The lowest BCUT2D eigenvalue weighted by molar-refractivity contribution is -0.170. The molecule has 4 rings (SSSR count). The molecule has 35 heavy (non-hydrogen) atoms. The summed E-state index contributed by atoms with van der Waals surface area (Å²) in [6.45, 7) is 16.1. The Morgan fingerprint density at radius 1 is 0.886 bits per heavy atom. The van der Waals surface area contributed by atoms with Crippen LogP contribution in [0.3, 0.4) is 0 Å². The molecule has 0 amide bonds. The zero-order chi connectivity index (χ0) is 25.4. The first-order chi connectivity index (χ1) is 16.5. The molecule has 4 fully saturated rings. The highest BCUT2D eigenvalue weighted by atomic mass is 16.5. The lowest BCUT2D eigenvalue weighted by atomic mass is 9.44. The summed E-state index contributed by atoms with van der Waals surface area (Å²) < 4.78 is 6.03. The molecule has 0 aromatic rings. The molecule has 0 spiro atoms. The van der Waals surface area contributed by atoms with Crippen LogP contribution in [0.15, 0.2) is 0 Å². The van der Waals surface area contributed by atoms with E-state index in [1.54, 1.807) is 0 Å². The van der Waals surface area contributed by atoms with Crippen molar-refractivity contribution in [1.29, 1.82) is 0 Å². The Morgan fingerprint density at radius 2 is 1.60 bits per heavy atom. The van der Waals surface area contributed by atoms with Gasteiger partial charge in [0.05, 0.1) is 5.41 Å². The first kappa shape index (κ1) is 27.5. The second-order valence-corrected chi connectivity index (χ2v) is 15.0. The summed E-state index contributed by atoms with van der Waals surface area (Å²) in [5.74, 6) is 5.49. The number of hydrogen-bond donors (Lipinski definition) is 0. The molecule has 4 aliphatic rings. The van der Waals surface area contributed by atoms with Crippen molar-refractivity contribution in [2.24, 2.45) is 51.8 Å². The van der Waals surface area contributed by atoms with Gasteiger partial charge in [-0.25, -0.2) is 0 Å². The van der Waals surface area contributed by atoms with Crippen LogP contribution in [0.25, 0.3) is 0 Å². The summed E-state index contributed by atoms with van der Waals surface area (Å²) in [5.41, 5.74) is 0.671. The molecule has 2 heteroatoms. The Balaban J connectivity index is 1.41. The molecule has 0 N–H and O–H groups in total. The van der Waals surface area contributed by atoms with Crippen LogP contribution in [0.1, 0.15) is 145 Å². The van der Waals surface area contributed by atoms with Crippen LogP contribution >= 0.6 is 0 Å². The molecule has 0 aliphatic heterocycles. The van der Waals surface area contributed by atoms with Gasteiger partial charge in [0.15, 0.2) is 0 Å². The number of carbonyl (C=O) groups excluding carboxylic acids is 1. The molecule has 0 heterocycles. The minimum Gasteiger partial charge on any atom is -0.462 e. The van der Waals surface area contributed by atoms with Crippen molar-refractivity contribution in [2.75, 3.05) is 0 Å². The van der Waals surface area contributed by atoms with Crippen molar-refractivity contribution >= 4 is 5.97 Å². The Labute approximate surface area is 218 Å². The molecule has 0 bridgehead atoms. The molecule has 2 nitrogen and oxygen atoms in total. The summed E-state index contributed by atoms with van der Waals surface area (Å²) in [5, 5.41) is 0. The van der Waals surface area contributed by atoms with E-state index >= 15 is 0 Å². The molecule has 0 aromatic carbocycles. The molecule has 4 saturated carbocycles. The number of unbranched alkanes of at least 4 members (excludes halogenated alkanes) is 3. The van der Waals surface area contributed by atoms with E-state index in [9.17, 15) is 4.79 Å². The fourth-order valence-corrected chi connectivity index (χ4v) is 9.99. The summed E-state index contributed by atoms with van der Waals surface area (Å²) >= 11 is 0. The Morgan fingerprint density at radius 3 is 2.29 bits per heavy atom. The average molecular weight is 487 g/mol. The van der Waals surface area contributed by atoms with Crippen LogP contribution in [0.5, 0.6) is 0 Å². The van der Waals surface area contributed by atoms with E-state index in [2.05, 4.69) is 27.7 Å². The number of rotatable bonds is 8. The summed E-state index contributed by atoms with van der Waals surface area (Å²) in [6.07, 6.45) is 20.9. The van der Waals surface area contributed by atoms with Gasteiger partial charge in [0.2, 0.25) is 0 Å². The summed E-state index contributed by atoms with van der Waals surface area (Å²) in [4.78, 5) is 12.5. The molecule has 202 valence electrons. The van der Waals surface area contributed by atoms with E-state index < -0.39 is 5.41 Å². The minimum atomic E-state index is -0.391. The van der Waals surface area contributed by atoms with Crippen LogP contribution in [0.4, 0.5) is 0 Å². The molecule has 0 aromatic heterocycles. The van der Waals surface area contributed by atoms with Gasteiger partial charge >= 0.3 is 5.97 Å². The normalized spacial score (nSPS) is 42.0. The number of carbonyl (C=O) groups is 1. The summed E-state index contributed by atoms with van der Waals surface area (Å²) in [7, 11) is 0. The standard InChI is InChI=1S/C33H58O2/c1-8-10-11-12-13-23(9-2)27-16-17-28-26-15-14-24-22-25(35-30(34)31(3,4)5)18-20-32(24,6)29(26)19-21-33(27,28)7/h23-29H,8-22H2,1-7H3/t23?,24?,25-,26?,27?,28?,29?,32?,33?/m1/s1. The van der Waals surface area contributed by atoms with Crippen LogP contribution < -0.4 is 0 Å². The highest BCUT2D eigenvalue weighted by Crippen LogP contribution is 2.68. The predicted octanol–water partition coefficient (Wildman–Crippen LogP) is 9.60. The third-order valence-corrected chi connectivity index (χ3v) is 12.1. The van der Waals surface area contributed by atoms with E-state index in [-0.39, 0.29) is 12.1 Å². The first-order valence-electron chi connectivity index (χ1n) is 15.8. The smallest absolute Gasteiger partial charge is 0.311 e. The van der Waals surface area contributed by atoms with Gasteiger partial charge in [-0.1, -0.05) is 66.2 Å². The largest absolute Gasteiger partial charge is 0.462 e. The van der Waals surface area contributed by atoms with E-state index in [1.165, 1.54) is 83.5 Å². The van der Waals surface area contributed by atoms with Gasteiger partial charge in [0.1, 0.15) is 6.10 Å². The zero-order valence-electron chi connectivity index (χ0n) is 24.5. The van der Waals surface area contributed by atoms with Crippen molar-refractivity contribution in [1.82, 2.24) is 0 Å². The third kappa shape index (κ3) is 5.25. The van der Waals surface area contributed by atoms with Gasteiger partial charge in [0.25, 0.3) is 0 Å². The van der Waals surface area contributed by atoms with Crippen molar-refractivity contribution in [3.8, 4) is 0 Å². The quantitative estimate of drug-likeness (QED) is 0.252. The number of hydrogen-bond acceptors (Lipinski definition) is 2. The molecule has 8 unspecified atom stereocenters. The van der Waals surface area contributed by atoms with E-state index in [0.717, 1.165) is 48.3 Å². The minimum absolute atomic E-state index is 0.00890. The monoisotopic (exact) mass is 486 g/mol. The highest BCUT2D eigenvalue weighted by molar-refractivity contribution is 5.75. The third-order valence-electron chi connectivity index (χ3n) is 12.1. The van der Waals surface area contributed by atoms with Gasteiger partial charge in [-0.15, -0.1) is 0 Å². The van der Waals surface area contributed by atoms with E-state index in [1.807, 2.05) is 20.8 Å². The lowest BCUT2D eigenvalue weighted by Crippen LogP contribution is -2.54. The predicted molar refractivity (Wildman–Crippen MR) is 147 cm³/mol. The van der Waals surface area contributed by atoms with Gasteiger partial charge < -0.3 is 4.74 Å². The van der Waals surface area contributed by atoms with Crippen LogP contribution in [0, 0.1) is 51.8 Å². The number of esters is 1. The molecule has 9 atom stereocenters. The fourth-order valence-electron chi connectivity index (χ4n) is 9.99. The maximum Gasteiger partial charge on any atom is 0.311 e. The SMILES string of the molecule is CCCCCCC(CC)C1CCC2C3CCC4C[C@H](OC(=O)C(C)(C)C)CCC4(C)C3CCC12C. The Bertz CT molecular complexity index is 721. The number of ether oxygens (including phenoxy) is 1. The highest BCUT2D eigenvalue weighted by Gasteiger charge is 2.61. The molecule has 0 saturated heterocycles. The molecular weight excluding hydrogens is 428 g/mol. The maximum atomic E-state index is 12.5. The van der Waals surface area contributed by atoms with Gasteiger partial charge in [-0.3, -0.25) is 4.79 Å². The van der Waals surface area contributed by atoms with Crippen molar-refractivity contribution in [3.63, 3.8) is 0 Å². The number of fused-ring (bicyclic) bond motifs is 5. The molecule has 0 radical (unpaired) electrons. The second kappa shape index (κ2) is 10.7. The van der Waals surface area contributed by atoms with Gasteiger partial charge in [0, 0.05) is 0 Å². The zero-order valence-corrected chi connectivity index (χ0v) is 24.5. The Hall–Kier alpha value is -0.530. The molecule has 4 aliphatic carbocycles. The van der Waals surface area contributed by atoms with Crippen molar-refractivity contribution < 1.29 is 9.53 Å². The van der Waals surface area contributed by atoms with Gasteiger partial charge in [-0.2, -0.15) is 0 Å². The maximum absolute atomic E-state index is 12.5. The van der Waals surface area contributed by atoms with Gasteiger partial charge in [-0.05, 0) is 125 Å². The second-order valence-electron chi connectivity index (χ2n) is 15.0. The van der Waals surface area contributed by atoms with E-state index in [4.69, 9.17) is 4.74 Å². The lowest BCUT2D eigenvalue weighted by Gasteiger charge is -2.61.